The number of hydrogen-bond donors (Lipinski definition) is 0. The Kier molecular flexibility index (Phi) is 7.62. The number of fused-ring (bicyclic) bond motifs is 6. The van der Waals surface area contributed by atoms with E-state index in [9.17, 15) is 0 Å². The molecule has 0 unspecified atom stereocenters. The first-order valence-electron chi connectivity index (χ1n) is 15.0. The third-order valence-corrected chi connectivity index (χ3v) is 7.70. The molecule has 0 spiro atoms. The number of nitrogens with zero attached hydrogens (tertiary/aromatic N) is 2. The molecule has 0 saturated heterocycles. The maximum atomic E-state index is 2.38. The second-order valence-electron chi connectivity index (χ2n) is 9.84. The van der Waals surface area contributed by atoms with Gasteiger partial charge in [0.2, 0.25) is 0 Å². The molecule has 0 aliphatic carbocycles. The van der Waals surface area contributed by atoms with E-state index in [4.69, 9.17) is 0 Å². The van der Waals surface area contributed by atoms with Gasteiger partial charge in [-0.1, -0.05) is 125 Å². The summed E-state index contributed by atoms with van der Waals surface area (Å²) < 4.78 is 4.76. The molecule has 0 aliphatic heterocycles. The highest BCUT2D eigenvalue weighted by molar-refractivity contribution is 6.10. The van der Waals surface area contributed by atoms with Crippen molar-refractivity contribution in [1.82, 2.24) is 9.13 Å². The zero-order chi connectivity index (χ0) is 29.1. The molecule has 0 bridgehead atoms. The minimum Gasteiger partial charge on any atom is -0.309 e. The summed E-state index contributed by atoms with van der Waals surface area (Å²) in [5.41, 5.74) is 9.65. The summed E-state index contributed by atoms with van der Waals surface area (Å²) in [4.78, 5) is 0. The average Bonchev–Trinajstić information content (AvgIpc) is 3.60. The summed E-state index contributed by atoms with van der Waals surface area (Å²) in [6, 6.07) is 52.5. The van der Waals surface area contributed by atoms with Crippen molar-refractivity contribution in [3.8, 4) is 22.5 Å². The fraction of sp³-hybridized carbons (Fsp3) is 0.100. The molecule has 6 aromatic carbocycles. The predicted octanol–water partition coefficient (Wildman–Crippen LogP) is 11.6. The first-order chi connectivity index (χ1) is 20.9. The summed E-state index contributed by atoms with van der Waals surface area (Å²) in [6.07, 6.45) is 0. The monoisotopic (exact) mass is 544 g/mol. The van der Waals surface area contributed by atoms with Gasteiger partial charge in [0.05, 0.1) is 22.1 Å². The molecule has 0 saturated carbocycles. The summed E-state index contributed by atoms with van der Waals surface area (Å²) in [5.74, 6) is 0. The van der Waals surface area contributed by atoms with Crippen LogP contribution in [0, 0.1) is 0 Å². The van der Waals surface area contributed by atoms with Crippen molar-refractivity contribution in [3.05, 3.63) is 146 Å². The van der Waals surface area contributed by atoms with Crippen molar-refractivity contribution in [2.24, 2.45) is 0 Å². The van der Waals surface area contributed by atoms with E-state index in [0.717, 1.165) is 0 Å². The van der Waals surface area contributed by atoms with Crippen LogP contribution >= 0.6 is 0 Å². The lowest BCUT2D eigenvalue weighted by Crippen LogP contribution is -1.95. The van der Waals surface area contributed by atoms with Crippen LogP contribution in [0.25, 0.3) is 66.1 Å². The number of para-hydroxylation sites is 4. The number of rotatable bonds is 3. The van der Waals surface area contributed by atoms with Gasteiger partial charge in [-0.3, -0.25) is 0 Å². The predicted molar refractivity (Wildman–Crippen MR) is 183 cm³/mol. The van der Waals surface area contributed by atoms with Gasteiger partial charge >= 0.3 is 0 Å². The second kappa shape index (κ2) is 11.8. The standard InChI is InChI=1S/C36H24N2.2C2H6/c1-5-19-33-29(15-1)30-16-2-6-20-34(30)37(33)27-13-9-11-25(23-27)26-12-10-14-28(24-26)38-35-21-7-3-17-31(35)32-18-4-8-22-36(32)38;2*1-2/h1-24H;2*1-2H3. The van der Waals surface area contributed by atoms with Crippen LogP contribution in [-0.4, -0.2) is 9.13 Å². The molecule has 0 atom stereocenters. The summed E-state index contributed by atoms with van der Waals surface area (Å²) in [7, 11) is 0. The minimum atomic E-state index is 1.17. The molecule has 42 heavy (non-hydrogen) atoms. The van der Waals surface area contributed by atoms with Crippen molar-refractivity contribution in [2.45, 2.75) is 27.7 Å². The van der Waals surface area contributed by atoms with Gasteiger partial charge in [-0.25, -0.2) is 0 Å². The third-order valence-electron chi connectivity index (χ3n) is 7.70. The fourth-order valence-corrected chi connectivity index (χ4v) is 6.05. The first-order valence-corrected chi connectivity index (χ1v) is 15.0. The van der Waals surface area contributed by atoms with Gasteiger partial charge in [0.1, 0.15) is 0 Å². The van der Waals surface area contributed by atoms with Crippen molar-refractivity contribution >= 4 is 43.6 Å². The van der Waals surface area contributed by atoms with E-state index in [2.05, 4.69) is 155 Å². The van der Waals surface area contributed by atoms with E-state index in [1.807, 2.05) is 27.7 Å². The second-order valence-corrected chi connectivity index (χ2v) is 9.84. The van der Waals surface area contributed by atoms with Crippen molar-refractivity contribution in [3.63, 3.8) is 0 Å². The lowest BCUT2D eigenvalue weighted by Gasteiger charge is -2.12. The molecule has 8 aromatic rings. The van der Waals surface area contributed by atoms with Crippen molar-refractivity contribution in [2.75, 3.05) is 0 Å². The van der Waals surface area contributed by atoms with Crippen molar-refractivity contribution in [1.29, 1.82) is 0 Å². The molecular weight excluding hydrogens is 508 g/mol. The van der Waals surface area contributed by atoms with Crippen LogP contribution < -0.4 is 0 Å². The largest absolute Gasteiger partial charge is 0.309 e. The molecule has 8 rings (SSSR count). The Morgan fingerprint density at radius 3 is 0.905 bits per heavy atom. The Morgan fingerprint density at radius 2 is 0.595 bits per heavy atom. The van der Waals surface area contributed by atoms with Crippen LogP contribution in [0.5, 0.6) is 0 Å². The highest BCUT2D eigenvalue weighted by Gasteiger charge is 2.14. The summed E-state index contributed by atoms with van der Waals surface area (Å²) >= 11 is 0. The Bertz CT molecular complexity index is 1880. The van der Waals surface area contributed by atoms with Crippen LogP contribution in [0.3, 0.4) is 0 Å². The maximum absolute atomic E-state index is 2.38. The Hall–Kier alpha value is -5.08. The molecule has 0 radical (unpaired) electrons. The van der Waals surface area contributed by atoms with Gasteiger partial charge in [0.15, 0.2) is 0 Å². The Morgan fingerprint density at radius 1 is 0.310 bits per heavy atom. The van der Waals surface area contributed by atoms with E-state index < -0.39 is 0 Å². The van der Waals surface area contributed by atoms with Gasteiger partial charge in [-0.2, -0.15) is 0 Å². The van der Waals surface area contributed by atoms with E-state index >= 15 is 0 Å². The van der Waals surface area contributed by atoms with Gasteiger partial charge in [-0.15, -0.1) is 0 Å². The maximum Gasteiger partial charge on any atom is 0.0541 e. The fourth-order valence-electron chi connectivity index (χ4n) is 6.05. The Balaban J connectivity index is 0.000000759. The van der Waals surface area contributed by atoms with Crippen LogP contribution in [0.2, 0.25) is 0 Å². The zero-order valence-corrected chi connectivity index (χ0v) is 24.8. The number of benzene rings is 6. The molecule has 0 N–H and O–H groups in total. The van der Waals surface area contributed by atoms with E-state index in [0.29, 0.717) is 0 Å². The highest BCUT2D eigenvalue weighted by Crippen LogP contribution is 2.35. The smallest absolute Gasteiger partial charge is 0.0541 e. The molecule has 206 valence electrons. The number of aromatic nitrogens is 2. The topological polar surface area (TPSA) is 9.86 Å². The van der Waals surface area contributed by atoms with Gasteiger partial charge in [-0.05, 0) is 59.7 Å². The zero-order valence-electron chi connectivity index (χ0n) is 24.8. The molecule has 2 aromatic heterocycles. The normalized spacial score (nSPS) is 10.9. The van der Waals surface area contributed by atoms with E-state index in [1.54, 1.807) is 0 Å². The SMILES string of the molecule is CC.CC.c1cc(-c2cccc(-n3c4ccccc4c4ccccc43)c2)cc(-n2c3ccccc3c3ccccc32)c1. The number of hydrogen-bond acceptors (Lipinski definition) is 0. The van der Waals surface area contributed by atoms with Crippen LogP contribution in [0.15, 0.2) is 146 Å². The minimum absolute atomic E-state index is 1.17. The molecule has 0 aliphatic rings. The third kappa shape index (κ3) is 4.46. The van der Waals surface area contributed by atoms with Gasteiger partial charge < -0.3 is 9.13 Å². The highest BCUT2D eigenvalue weighted by atomic mass is 15.0. The summed E-state index contributed by atoms with van der Waals surface area (Å²) in [6.45, 7) is 8.00. The van der Waals surface area contributed by atoms with Gasteiger partial charge in [0, 0.05) is 32.9 Å². The lowest BCUT2D eigenvalue weighted by atomic mass is 10.0. The molecule has 2 nitrogen and oxygen atoms in total. The molecule has 0 fully saturated rings. The van der Waals surface area contributed by atoms with Crippen LogP contribution in [0.4, 0.5) is 0 Å². The average molecular weight is 545 g/mol. The molecular formula is C40H36N2. The van der Waals surface area contributed by atoms with Crippen LogP contribution in [0.1, 0.15) is 27.7 Å². The molecule has 2 heterocycles. The first kappa shape index (κ1) is 27.1. The molecule has 2 heteroatoms. The van der Waals surface area contributed by atoms with Crippen LogP contribution in [-0.2, 0) is 0 Å². The molecule has 0 amide bonds. The lowest BCUT2D eigenvalue weighted by molar-refractivity contribution is 1.17. The quantitative estimate of drug-likeness (QED) is 0.209. The van der Waals surface area contributed by atoms with E-state index in [1.165, 1.54) is 66.1 Å². The van der Waals surface area contributed by atoms with Gasteiger partial charge in [0.25, 0.3) is 0 Å². The van der Waals surface area contributed by atoms with Crippen molar-refractivity contribution < 1.29 is 0 Å². The Labute approximate surface area is 248 Å². The summed E-state index contributed by atoms with van der Waals surface area (Å²) in [5, 5.41) is 5.12. The van der Waals surface area contributed by atoms with E-state index in [-0.39, 0.29) is 0 Å².